The summed E-state index contributed by atoms with van der Waals surface area (Å²) in [5.74, 6) is 0.194. The average molecular weight is 315 g/mol. The predicted molar refractivity (Wildman–Crippen MR) is 99.6 cm³/mol. The Bertz CT molecular complexity index is 926. The molecule has 0 N–H and O–H groups in total. The molecule has 1 aliphatic rings. The molecule has 4 rings (SSSR count). The van der Waals surface area contributed by atoms with Gasteiger partial charge in [-0.05, 0) is 54.5 Å². The summed E-state index contributed by atoms with van der Waals surface area (Å²) in [7, 11) is 4.12. The second kappa shape index (κ2) is 5.88. The third-order valence-corrected chi connectivity index (χ3v) is 4.98. The van der Waals surface area contributed by atoms with Crippen LogP contribution in [0.15, 0.2) is 60.7 Å². The van der Waals surface area contributed by atoms with E-state index in [9.17, 15) is 4.79 Å². The van der Waals surface area contributed by atoms with E-state index in [1.807, 2.05) is 18.2 Å². The summed E-state index contributed by atoms with van der Waals surface area (Å²) in [5, 5.41) is 2.42. The molecule has 2 heteroatoms. The minimum Gasteiger partial charge on any atom is -0.309 e. The SMILES string of the molecule is CN(C)CCC1C(=O)c2ccccc2-c2ccc3ccccc3c21. The fourth-order valence-corrected chi connectivity index (χ4v) is 3.82. The largest absolute Gasteiger partial charge is 0.309 e. The van der Waals surface area contributed by atoms with E-state index in [1.165, 1.54) is 21.9 Å². The quantitative estimate of drug-likeness (QED) is 0.696. The second-order valence-corrected chi connectivity index (χ2v) is 6.80. The van der Waals surface area contributed by atoms with Gasteiger partial charge in [0.15, 0.2) is 5.78 Å². The zero-order valence-corrected chi connectivity index (χ0v) is 14.1. The number of hydrogen-bond acceptors (Lipinski definition) is 2. The van der Waals surface area contributed by atoms with E-state index in [0.29, 0.717) is 0 Å². The van der Waals surface area contributed by atoms with Crippen LogP contribution >= 0.6 is 0 Å². The van der Waals surface area contributed by atoms with Gasteiger partial charge in [-0.25, -0.2) is 0 Å². The molecule has 1 aliphatic carbocycles. The van der Waals surface area contributed by atoms with Crippen LogP contribution in [0.5, 0.6) is 0 Å². The number of Topliss-reactive ketones (excluding diaryl/α,β-unsaturated/α-hetero) is 1. The van der Waals surface area contributed by atoms with E-state index in [-0.39, 0.29) is 11.7 Å². The maximum absolute atomic E-state index is 13.2. The molecular formula is C22H21NO. The molecule has 0 saturated heterocycles. The minimum atomic E-state index is -0.0663. The number of benzene rings is 3. The van der Waals surface area contributed by atoms with Crippen molar-refractivity contribution in [3.05, 3.63) is 71.8 Å². The maximum Gasteiger partial charge on any atom is 0.171 e. The Labute approximate surface area is 142 Å². The lowest BCUT2D eigenvalue weighted by atomic mass is 9.74. The van der Waals surface area contributed by atoms with Gasteiger partial charge in [-0.2, -0.15) is 0 Å². The first-order valence-corrected chi connectivity index (χ1v) is 8.47. The lowest BCUT2D eigenvalue weighted by molar-refractivity contribution is 0.0950. The molecule has 2 nitrogen and oxygen atoms in total. The van der Waals surface area contributed by atoms with E-state index in [2.05, 4.69) is 61.5 Å². The van der Waals surface area contributed by atoms with E-state index in [1.54, 1.807) is 0 Å². The van der Waals surface area contributed by atoms with Gasteiger partial charge in [-0.3, -0.25) is 4.79 Å². The molecule has 1 atom stereocenters. The minimum absolute atomic E-state index is 0.0663. The fourth-order valence-electron chi connectivity index (χ4n) is 3.82. The molecule has 0 bridgehead atoms. The highest BCUT2D eigenvalue weighted by atomic mass is 16.1. The summed E-state index contributed by atoms with van der Waals surface area (Å²) < 4.78 is 0. The monoisotopic (exact) mass is 315 g/mol. The van der Waals surface area contributed by atoms with Crippen LogP contribution in [0.2, 0.25) is 0 Å². The van der Waals surface area contributed by atoms with Gasteiger partial charge in [0.05, 0.1) is 0 Å². The zero-order valence-electron chi connectivity index (χ0n) is 14.1. The number of ketones is 1. The molecule has 0 radical (unpaired) electrons. The van der Waals surface area contributed by atoms with E-state index >= 15 is 0 Å². The van der Waals surface area contributed by atoms with Crippen molar-refractivity contribution in [2.24, 2.45) is 0 Å². The molecule has 0 fully saturated rings. The Balaban J connectivity index is 1.99. The molecule has 3 aromatic rings. The van der Waals surface area contributed by atoms with E-state index in [0.717, 1.165) is 24.1 Å². The second-order valence-electron chi connectivity index (χ2n) is 6.80. The van der Waals surface area contributed by atoms with Gasteiger partial charge < -0.3 is 4.90 Å². The standard InChI is InChI=1S/C22H21NO/c1-23(2)14-13-20-21-16-8-4-3-7-15(16)11-12-18(21)17-9-5-6-10-19(17)22(20)24/h3-12,20H,13-14H2,1-2H3. The Morgan fingerprint density at radius 2 is 1.54 bits per heavy atom. The van der Waals surface area contributed by atoms with Crippen LogP contribution < -0.4 is 0 Å². The van der Waals surface area contributed by atoms with E-state index < -0.39 is 0 Å². The molecular weight excluding hydrogens is 294 g/mol. The van der Waals surface area contributed by atoms with Crippen molar-refractivity contribution in [3.63, 3.8) is 0 Å². The normalized spacial score (nSPS) is 16.3. The van der Waals surface area contributed by atoms with Crippen LogP contribution in [0.25, 0.3) is 21.9 Å². The molecule has 1 unspecified atom stereocenters. The van der Waals surface area contributed by atoms with Crippen molar-refractivity contribution in [2.75, 3.05) is 20.6 Å². The molecule has 0 aliphatic heterocycles. The molecule has 0 amide bonds. The van der Waals surface area contributed by atoms with Crippen LogP contribution in [-0.2, 0) is 0 Å². The van der Waals surface area contributed by atoms with Crippen molar-refractivity contribution in [2.45, 2.75) is 12.3 Å². The average Bonchev–Trinajstić information content (AvgIpc) is 2.61. The van der Waals surface area contributed by atoms with Crippen molar-refractivity contribution in [1.29, 1.82) is 0 Å². The van der Waals surface area contributed by atoms with Gasteiger partial charge in [0, 0.05) is 11.5 Å². The molecule has 0 aromatic heterocycles. The smallest absolute Gasteiger partial charge is 0.171 e. The van der Waals surface area contributed by atoms with Crippen molar-refractivity contribution < 1.29 is 4.79 Å². The molecule has 0 spiro atoms. The number of carbonyl (C=O) groups is 1. The third-order valence-electron chi connectivity index (χ3n) is 4.98. The summed E-state index contributed by atoms with van der Waals surface area (Å²) in [6, 6.07) is 20.8. The first-order chi connectivity index (χ1) is 11.7. The maximum atomic E-state index is 13.2. The third kappa shape index (κ3) is 2.35. The van der Waals surface area contributed by atoms with Gasteiger partial charge in [-0.1, -0.05) is 60.7 Å². The Morgan fingerprint density at radius 3 is 2.33 bits per heavy atom. The van der Waals surface area contributed by atoms with Gasteiger partial charge in [0.25, 0.3) is 0 Å². The Kier molecular flexibility index (Phi) is 3.70. The molecule has 3 aromatic carbocycles. The van der Waals surface area contributed by atoms with Gasteiger partial charge >= 0.3 is 0 Å². The number of hydrogen-bond donors (Lipinski definition) is 0. The molecule has 120 valence electrons. The van der Waals surface area contributed by atoms with Gasteiger partial charge in [-0.15, -0.1) is 0 Å². The first-order valence-electron chi connectivity index (χ1n) is 8.47. The molecule has 0 heterocycles. The fraction of sp³-hybridized carbons (Fsp3) is 0.227. The van der Waals surface area contributed by atoms with Crippen LogP contribution in [0.1, 0.15) is 28.3 Å². The molecule has 0 saturated carbocycles. The summed E-state index contributed by atoms with van der Waals surface area (Å²) in [6.07, 6.45) is 0.848. The highest BCUT2D eigenvalue weighted by Crippen LogP contribution is 2.44. The Morgan fingerprint density at radius 1 is 0.833 bits per heavy atom. The Hall–Kier alpha value is -2.45. The number of rotatable bonds is 3. The van der Waals surface area contributed by atoms with Gasteiger partial charge in [0.2, 0.25) is 0 Å². The molecule has 24 heavy (non-hydrogen) atoms. The summed E-state index contributed by atoms with van der Waals surface area (Å²) in [5.41, 5.74) is 4.36. The highest BCUT2D eigenvalue weighted by molar-refractivity contribution is 6.13. The van der Waals surface area contributed by atoms with Crippen LogP contribution in [0.3, 0.4) is 0 Å². The highest BCUT2D eigenvalue weighted by Gasteiger charge is 2.32. The number of nitrogens with zero attached hydrogens (tertiary/aromatic N) is 1. The lowest BCUT2D eigenvalue weighted by Crippen LogP contribution is -2.24. The van der Waals surface area contributed by atoms with Crippen molar-refractivity contribution in [3.8, 4) is 11.1 Å². The summed E-state index contributed by atoms with van der Waals surface area (Å²) >= 11 is 0. The predicted octanol–water partition coefficient (Wildman–Crippen LogP) is 4.74. The van der Waals surface area contributed by atoms with E-state index in [4.69, 9.17) is 0 Å². The van der Waals surface area contributed by atoms with Crippen molar-refractivity contribution in [1.82, 2.24) is 4.90 Å². The summed E-state index contributed by atoms with van der Waals surface area (Å²) in [6.45, 7) is 0.904. The zero-order chi connectivity index (χ0) is 16.7. The lowest BCUT2D eigenvalue weighted by Gasteiger charge is -2.29. The first kappa shape index (κ1) is 15.1. The van der Waals surface area contributed by atoms with Crippen LogP contribution in [-0.4, -0.2) is 31.3 Å². The number of fused-ring (bicyclic) bond motifs is 5. The van der Waals surface area contributed by atoms with Crippen LogP contribution in [0.4, 0.5) is 0 Å². The number of carbonyl (C=O) groups excluding carboxylic acids is 1. The summed E-state index contributed by atoms with van der Waals surface area (Å²) in [4.78, 5) is 15.4. The van der Waals surface area contributed by atoms with Crippen molar-refractivity contribution >= 4 is 16.6 Å². The topological polar surface area (TPSA) is 20.3 Å². The van der Waals surface area contributed by atoms with Gasteiger partial charge in [0.1, 0.15) is 0 Å². The van der Waals surface area contributed by atoms with Crippen LogP contribution in [0, 0.1) is 0 Å².